The number of carbonyl (C=O) groups is 2. The minimum Gasteiger partial charge on any atom is -0.548 e. The summed E-state index contributed by atoms with van der Waals surface area (Å²) in [6, 6.07) is 0.829. The summed E-state index contributed by atoms with van der Waals surface area (Å²) in [5, 5.41) is 14.5. The van der Waals surface area contributed by atoms with Crippen LogP contribution in [0, 0.1) is 6.92 Å². The molecule has 94 valence electrons. The van der Waals surface area contributed by atoms with Crippen LogP contribution in [0.4, 0.5) is 0 Å². The van der Waals surface area contributed by atoms with E-state index in [1.165, 1.54) is 4.90 Å². The number of aryl methyl sites for hydroxylation is 1. The molecule has 1 aliphatic heterocycles. The van der Waals surface area contributed by atoms with Gasteiger partial charge in [-0.25, -0.2) is 0 Å². The van der Waals surface area contributed by atoms with Crippen molar-refractivity contribution in [3.05, 3.63) is 17.5 Å². The minimum atomic E-state index is -1.22. The Bertz CT molecular complexity index is 437. The van der Waals surface area contributed by atoms with E-state index in [1.807, 2.05) is 0 Å². The summed E-state index contributed by atoms with van der Waals surface area (Å²) in [5.74, 6) is -0.927. The second-order valence-corrected chi connectivity index (χ2v) is 3.83. The van der Waals surface area contributed by atoms with E-state index >= 15 is 0 Å². The molecular weight excluding hydrogens is 275 g/mol. The third-order valence-electron chi connectivity index (χ3n) is 2.60. The molecule has 0 spiro atoms. The first kappa shape index (κ1) is 17.3. The number of hydrogen-bond donors (Lipinski definition) is 0. The fourth-order valence-corrected chi connectivity index (χ4v) is 1.84. The molecule has 0 bridgehead atoms. The van der Waals surface area contributed by atoms with E-state index in [4.69, 9.17) is 4.52 Å². The molecule has 2 rings (SSSR count). The van der Waals surface area contributed by atoms with Crippen LogP contribution in [0.3, 0.4) is 0 Å². The SMILES string of the molecule is Cc1cc(CN2C(=O)CCC2C(=O)[O-])on1.[Fe].[Li+]. The fourth-order valence-electron chi connectivity index (χ4n) is 1.84. The first-order valence-electron chi connectivity index (χ1n) is 5.00. The molecule has 0 saturated carbocycles. The van der Waals surface area contributed by atoms with Gasteiger partial charge >= 0.3 is 18.9 Å². The molecule has 1 aromatic heterocycles. The van der Waals surface area contributed by atoms with Crippen LogP contribution in [0.5, 0.6) is 0 Å². The molecular formula is C10H11FeLiN2O4. The molecule has 8 heteroatoms. The van der Waals surface area contributed by atoms with Gasteiger partial charge in [0, 0.05) is 29.6 Å². The van der Waals surface area contributed by atoms with Gasteiger partial charge in [0.1, 0.15) is 0 Å². The molecule has 18 heavy (non-hydrogen) atoms. The first-order chi connectivity index (χ1) is 7.58. The number of hydrogen-bond acceptors (Lipinski definition) is 5. The Morgan fingerprint density at radius 1 is 1.67 bits per heavy atom. The van der Waals surface area contributed by atoms with Crippen molar-refractivity contribution < 1.29 is 55.1 Å². The monoisotopic (exact) mass is 286 g/mol. The van der Waals surface area contributed by atoms with E-state index < -0.39 is 12.0 Å². The van der Waals surface area contributed by atoms with Crippen LogP contribution in [0.25, 0.3) is 0 Å². The normalized spacial score (nSPS) is 18.2. The van der Waals surface area contributed by atoms with Gasteiger partial charge in [-0.15, -0.1) is 0 Å². The summed E-state index contributed by atoms with van der Waals surface area (Å²) in [7, 11) is 0. The largest absolute Gasteiger partial charge is 1.00 e. The first-order valence-corrected chi connectivity index (χ1v) is 5.00. The zero-order valence-electron chi connectivity index (χ0n) is 10.2. The molecule has 1 unspecified atom stereocenters. The standard InChI is InChI=1S/C10H12N2O4.Fe.Li/c1-6-4-7(16-11-6)5-12-8(10(14)15)2-3-9(12)13;;/h4,8H,2-3,5H2,1H3,(H,14,15);;/q;;+1/p-1. The number of likely N-dealkylation sites (tertiary alicyclic amines) is 1. The summed E-state index contributed by atoms with van der Waals surface area (Å²) in [5.41, 5.74) is 0.701. The van der Waals surface area contributed by atoms with Gasteiger partial charge in [-0.1, -0.05) is 5.16 Å². The van der Waals surface area contributed by atoms with Gasteiger partial charge in [-0.2, -0.15) is 0 Å². The van der Waals surface area contributed by atoms with Crippen molar-refractivity contribution in [2.24, 2.45) is 0 Å². The molecule has 1 aromatic rings. The van der Waals surface area contributed by atoms with E-state index in [1.54, 1.807) is 13.0 Å². The van der Waals surface area contributed by atoms with E-state index in [2.05, 4.69) is 5.16 Å². The van der Waals surface area contributed by atoms with Crippen molar-refractivity contribution in [2.45, 2.75) is 32.4 Å². The quantitative estimate of drug-likeness (QED) is 0.532. The molecule has 1 fully saturated rings. The number of aliphatic carboxylic acids is 1. The van der Waals surface area contributed by atoms with Crippen LogP contribution in [-0.4, -0.2) is 28.0 Å². The second kappa shape index (κ2) is 7.00. The van der Waals surface area contributed by atoms with Crippen molar-refractivity contribution in [3.8, 4) is 0 Å². The number of nitrogens with zero attached hydrogens (tertiary/aromatic N) is 2. The third kappa shape index (κ3) is 3.63. The molecule has 1 saturated heterocycles. The van der Waals surface area contributed by atoms with Crippen LogP contribution in [0.1, 0.15) is 24.3 Å². The molecule has 1 aliphatic rings. The molecule has 2 heterocycles. The Morgan fingerprint density at radius 2 is 2.33 bits per heavy atom. The van der Waals surface area contributed by atoms with Gasteiger partial charge in [0.15, 0.2) is 5.76 Å². The zero-order chi connectivity index (χ0) is 11.7. The average molecular weight is 286 g/mol. The van der Waals surface area contributed by atoms with Gasteiger partial charge in [-0.05, 0) is 13.3 Å². The number of carboxylic acids is 1. The minimum absolute atomic E-state index is 0. The Morgan fingerprint density at radius 3 is 2.83 bits per heavy atom. The summed E-state index contributed by atoms with van der Waals surface area (Å²) in [6.07, 6.45) is 0.542. The number of aromatic nitrogens is 1. The van der Waals surface area contributed by atoms with E-state index in [-0.39, 0.29) is 54.8 Å². The Kier molecular flexibility index (Phi) is 6.72. The molecule has 0 aromatic carbocycles. The van der Waals surface area contributed by atoms with Crippen LogP contribution in [0.2, 0.25) is 0 Å². The van der Waals surface area contributed by atoms with Crippen LogP contribution in [-0.2, 0) is 33.2 Å². The molecule has 1 amide bonds. The van der Waals surface area contributed by atoms with E-state index in [9.17, 15) is 14.7 Å². The zero-order valence-corrected chi connectivity index (χ0v) is 11.3. The maximum atomic E-state index is 11.5. The molecule has 0 N–H and O–H groups in total. The van der Waals surface area contributed by atoms with Crippen LogP contribution in [0.15, 0.2) is 10.6 Å². The van der Waals surface area contributed by atoms with Gasteiger partial charge < -0.3 is 19.3 Å². The summed E-state index contributed by atoms with van der Waals surface area (Å²) < 4.78 is 4.95. The van der Waals surface area contributed by atoms with Crippen LogP contribution >= 0.6 is 0 Å². The van der Waals surface area contributed by atoms with Gasteiger partial charge in [0.05, 0.1) is 24.2 Å². The maximum absolute atomic E-state index is 11.5. The summed E-state index contributed by atoms with van der Waals surface area (Å²) >= 11 is 0. The van der Waals surface area contributed by atoms with Gasteiger partial charge in [-0.3, -0.25) is 4.79 Å². The molecule has 0 radical (unpaired) electrons. The van der Waals surface area contributed by atoms with Gasteiger partial charge in [0.25, 0.3) is 0 Å². The maximum Gasteiger partial charge on any atom is 1.00 e. The number of amides is 1. The predicted molar refractivity (Wildman–Crippen MR) is 49.8 cm³/mol. The molecule has 6 nitrogen and oxygen atoms in total. The van der Waals surface area contributed by atoms with Crippen LogP contribution < -0.4 is 24.0 Å². The smallest absolute Gasteiger partial charge is 0.548 e. The van der Waals surface area contributed by atoms with Gasteiger partial charge in [0.2, 0.25) is 5.91 Å². The molecule has 1 atom stereocenters. The summed E-state index contributed by atoms with van der Waals surface area (Å²) in [4.78, 5) is 23.5. The van der Waals surface area contributed by atoms with Crippen molar-refractivity contribution in [3.63, 3.8) is 0 Å². The van der Waals surface area contributed by atoms with Crippen molar-refractivity contribution >= 4 is 11.9 Å². The third-order valence-corrected chi connectivity index (χ3v) is 2.60. The predicted octanol–water partition coefficient (Wildman–Crippen LogP) is -3.77. The Balaban J connectivity index is 0.00000144. The van der Waals surface area contributed by atoms with Crippen molar-refractivity contribution in [1.82, 2.24) is 10.1 Å². The van der Waals surface area contributed by atoms with Crippen molar-refractivity contribution in [1.29, 1.82) is 0 Å². The number of rotatable bonds is 3. The van der Waals surface area contributed by atoms with Crippen molar-refractivity contribution in [2.75, 3.05) is 0 Å². The topological polar surface area (TPSA) is 86.5 Å². The van der Waals surface area contributed by atoms with E-state index in [0.29, 0.717) is 17.9 Å². The number of carboxylic acid groups (broad SMARTS) is 1. The Labute approximate surface area is 127 Å². The Hall–Kier alpha value is -0.733. The molecule has 0 aliphatic carbocycles. The summed E-state index contributed by atoms with van der Waals surface area (Å²) in [6.45, 7) is 1.90. The second-order valence-electron chi connectivity index (χ2n) is 3.83. The number of carbonyl (C=O) groups excluding carboxylic acids is 2. The van der Waals surface area contributed by atoms with E-state index in [0.717, 1.165) is 0 Å². The fraction of sp³-hybridized carbons (Fsp3) is 0.500. The average Bonchev–Trinajstić information content (AvgIpc) is 2.76.